The van der Waals surface area contributed by atoms with E-state index in [0.29, 0.717) is 13.2 Å². The highest BCUT2D eigenvalue weighted by atomic mass is 16.5. The fourth-order valence-corrected chi connectivity index (χ4v) is 2.30. The normalized spacial score (nSPS) is 24.9. The summed E-state index contributed by atoms with van der Waals surface area (Å²) in [5, 5.41) is 6.45. The molecule has 0 N–H and O–H groups in total. The summed E-state index contributed by atoms with van der Waals surface area (Å²) in [5.74, 6) is -0.303. The lowest BCUT2D eigenvalue weighted by atomic mass is 10.2. The number of ether oxygens (including phenoxy) is 3. The Balaban J connectivity index is 2.61. The van der Waals surface area contributed by atoms with Crippen LogP contribution in [0.2, 0.25) is 0 Å². The molecule has 1 aliphatic heterocycles. The van der Waals surface area contributed by atoms with E-state index in [4.69, 9.17) is 14.2 Å². The zero-order valence-corrected chi connectivity index (χ0v) is 12.2. The minimum absolute atomic E-state index is 0.255. The average Bonchev–Trinajstić information content (AvgIpc) is 2.69. The van der Waals surface area contributed by atoms with Crippen molar-refractivity contribution in [3.05, 3.63) is 0 Å². The molecule has 0 saturated carbocycles. The van der Waals surface area contributed by atoms with Crippen molar-refractivity contribution in [1.82, 2.24) is 5.01 Å². The number of nitrogens with zero attached hydrogens (tertiary/aromatic N) is 2. The standard InChI is InChI=1S/C13H24N2O4/c1-10(19-11(2)16)7-14-15-12(8-17-3)5-6-13(15)9-18-4/h7,10,12-13H,5-6,8-9H2,1-4H3/b14-7+/t10?,12-,13-/m0/s1. The summed E-state index contributed by atoms with van der Waals surface area (Å²) in [6.45, 7) is 4.46. The van der Waals surface area contributed by atoms with E-state index in [-0.39, 0.29) is 24.2 Å². The molecule has 110 valence electrons. The van der Waals surface area contributed by atoms with Gasteiger partial charge >= 0.3 is 5.97 Å². The van der Waals surface area contributed by atoms with Crippen LogP contribution in [0.4, 0.5) is 0 Å². The Morgan fingerprint density at radius 1 is 1.32 bits per heavy atom. The van der Waals surface area contributed by atoms with Crippen LogP contribution in [0.3, 0.4) is 0 Å². The molecule has 19 heavy (non-hydrogen) atoms. The Kier molecular flexibility index (Phi) is 6.80. The highest BCUT2D eigenvalue weighted by Crippen LogP contribution is 2.24. The molecule has 1 aliphatic rings. The summed E-state index contributed by atoms with van der Waals surface area (Å²) in [4.78, 5) is 10.8. The van der Waals surface area contributed by atoms with Crippen molar-refractivity contribution >= 4 is 12.2 Å². The third-order valence-corrected chi connectivity index (χ3v) is 3.06. The second-order valence-corrected chi connectivity index (χ2v) is 4.75. The summed E-state index contributed by atoms with van der Waals surface area (Å²) >= 11 is 0. The van der Waals surface area contributed by atoms with Gasteiger partial charge < -0.3 is 14.2 Å². The number of hydrogen-bond donors (Lipinski definition) is 0. The summed E-state index contributed by atoms with van der Waals surface area (Å²) in [6.07, 6.45) is 3.38. The maximum Gasteiger partial charge on any atom is 0.303 e. The van der Waals surface area contributed by atoms with Crippen LogP contribution in [-0.2, 0) is 19.0 Å². The summed E-state index contributed by atoms with van der Waals surface area (Å²) in [7, 11) is 3.38. The van der Waals surface area contributed by atoms with Crippen molar-refractivity contribution in [2.45, 2.75) is 44.9 Å². The number of esters is 1. The van der Waals surface area contributed by atoms with E-state index in [1.165, 1.54) is 6.92 Å². The first-order chi connectivity index (χ1) is 9.08. The molecule has 1 unspecified atom stereocenters. The largest absolute Gasteiger partial charge is 0.457 e. The van der Waals surface area contributed by atoms with Crippen LogP contribution < -0.4 is 0 Å². The molecule has 6 heteroatoms. The van der Waals surface area contributed by atoms with Gasteiger partial charge in [-0.1, -0.05) is 0 Å². The zero-order chi connectivity index (χ0) is 14.3. The highest BCUT2D eigenvalue weighted by molar-refractivity contribution is 5.71. The van der Waals surface area contributed by atoms with Crippen LogP contribution in [0.15, 0.2) is 5.10 Å². The van der Waals surface area contributed by atoms with E-state index in [9.17, 15) is 4.79 Å². The number of methoxy groups -OCH3 is 2. The number of carbonyl (C=O) groups excluding carboxylic acids is 1. The minimum atomic E-state index is -0.329. The summed E-state index contributed by atoms with van der Waals surface area (Å²) in [5.41, 5.74) is 0. The molecule has 0 radical (unpaired) electrons. The quantitative estimate of drug-likeness (QED) is 0.512. The number of hydrogen-bond acceptors (Lipinski definition) is 6. The maximum atomic E-state index is 10.8. The Morgan fingerprint density at radius 2 is 1.84 bits per heavy atom. The predicted molar refractivity (Wildman–Crippen MR) is 72.1 cm³/mol. The summed E-state index contributed by atoms with van der Waals surface area (Å²) in [6, 6.07) is 0.511. The van der Waals surface area contributed by atoms with Crippen molar-refractivity contribution in [3.8, 4) is 0 Å². The lowest BCUT2D eigenvalue weighted by Crippen LogP contribution is -2.37. The van der Waals surface area contributed by atoms with Gasteiger partial charge in [-0.05, 0) is 19.8 Å². The molecule has 0 bridgehead atoms. The van der Waals surface area contributed by atoms with Crippen LogP contribution in [0, 0.1) is 0 Å². The second kappa shape index (κ2) is 8.12. The first-order valence-corrected chi connectivity index (χ1v) is 6.56. The molecular formula is C13H24N2O4. The topological polar surface area (TPSA) is 60.4 Å². The van der Waals surface area contributed by atoms with Gasteiger partial charge in [0.2, 0.25) is 0 Å². The van der Waals surface area contributed by atoms with Gasteiger partial charge in [0.05, 0.1) is 31.5 Å². The summed E-state index contributed by atoms with van der Waals surface area (Å²) < 4.78 is 15.4. The Morgan fingerprint density at radius 3 is 2.26 bits per heavy atom. The lowest BCUT2D eigenvalue weighted by Gasteiger charge is -2.27. The second-order valence-electron chi connectivity index (χ2n) is 4.75. The van der Waals surface area contributed by atoms with Crippen LogP contribution in [0.1, 0.15) is 26.7 Å². The van der Waals surface area contributed by atoms with E-state index < -0.39 is 0 Å². The zero-order valence-electron chi connectivity index (χ0n) is 12.2. The molecule has 0 aliphatic carbocycles. The van der Waals surface area contributed by atoms with E-state index >= 15 is 0 Å². The van der Waals surface area contributed by atoms with Gasteiger partial charge in [-0.25, -0.2) is 0 Å². The van der Waals surface area contributed by atoms with Gasteiger partial charge in [-0.2, -0.15) is 5.10 Å². The van der Waals surface area contributed by atoms with Gasteiger partial charge in [-0.3, -0.25) is 9.80 Å². The Hall–Kier alpha value is -1.14. The smallest absolute Gasteiger partial charge is 0.303 e. The van der Waals surface area contributed by atoms with Gasteiger partial charge in [0.25, 0.3) is 0 Å². The van der Waals surface area contributed by atoms with E-state index in [2.05, 4.69) is 5.10 Å². The van der Waals surface area contributed by atoms with Crippen molar-refractivity contribution in [3.63, 3.8) is 0 Å². The Bertz CT molecular complexity index is 295. The highest BCUT2D eigenvalue weighted by Gasteiger charge is 2.32. The molecule has 1 heterocycles. The Labute approximate surface area is 114 Å². The molecule has 1 saturated heterocycles. The first kappa shape index (κ1) is 15.9. The van der Waals surface area contributed by atoms with Crippen LogP contribution >= 0.6 is 0 Å². The molecule has 0 amide bonds. The monoisotopic (exact) mass is 272 g/mol. The van der Waals surface area contributed by atoms with E-state index in [1.54, 1.807) is 27.4 Å². The van der Waals surface area contributed by atoms with Gasteiger partial charge in [0, 0.05) is 21.1 Å². The van der Waals surface area contributed by atoms with Crippen LogP contribution in [-0.4, -0.2) is 62.8 Å². The number of rotatable bonds is 7. The maximum absolute atomic E-state index is 10.8. The van der Waals surface area contributed by atoms with E-state index in [0.717, 1.165) is 12.8 Å². The number of carbonyl (C=O) groups is 1. The molecule has 0 aromatic rings. The first-order valence-electron chi connectivity index (χ1n) is 6.56. The molecule has 1 fully saturated rings. The van der Waals surface area contributed by atoms with E-state index in [1.807, 2.05) is 5.01 Å². The molecule has 3 atom stereocenters. The predicted octanol–water partition coefficient (Wildman–Crippen LogP) is 1.05. The fourth-order valence-electron chi connectivity index (χ4n) is 2.30. The third-order valence-electron chi connectivity index (χ3n) is 3.06. The average molecular weight is 272 g/mol. The van der Waals surface area contributed by atoms with Crippen molar-refractivity contribution in [1.29, 1.82) is 0 Å². The molecule has 0 spiro atoms. The van der Waals surface area contributed by atoms with Crippen LogP contribution in [0.5, 0.6) is 0 Å². The minimum Gasteiger partial charge on any atom is -0.457 e. The van der Waals surface area contributed by atoms with Crippen molar-refractivity contribution in [2.75, 3.05) is 27.4 Å². The SMILES string of the molecule is COC[C@@H]1CC[C@@H](COC)N1/N=C/C(C)OC(C)=O. The lowest BCUT2D eigenvalue weighted by molar-refractivity contribution is -0.142. The molecule has 0 aromatic heterocycles. The molecular weight excluding hydrogens is 248 g/mol. The van der Waals surface area contributed by atoms with Gasteiger partial charge in [0.1, 0.15) is 6.10 Å². The van der Waals surface area contributed by atoms with Gasteiger partial charge in [0.15, 0.2) is 0 Å². The number of hydrazone groups is 1. The van der Waals surface area contributed by atoms with Gasteiger partial charge in [-0.15, -0.1) is 0 Å². The molecule has 6 nitrogen and oxygen atoms in total. The van der Waals surface area contributed by atoms with Crippen molar-refractivity contribution in [2.24, 2.45) is 5.10 Å². The third kappa shape index (κ3) is 5.16. The molecule has 0 aromatic carbocycles. The fraction of sp³-hybridized carbons (Fsp3) is 0.846. The van der Waals surface area contributed by atoms with Crippen LogP contribution in [0.25, 0.3) is 0 Å². The van der Waals surface area contributed by atoms with Crippen molar-refractivity contribution < 1.29 is 19.0 Å². The molecule has 1 rings (SSSR count).